The Morgan fingerprint density at radius 3 is 2.21 bits per heavy atom. The van der Waals surface area contributed by atoms with E-state index in [2.05, 4.69) is 0 Å². The maximum atomic E-state index is 13.4. The Morgan fingerprint density at radius 1 is 0.895 bits per heavy atom. The van der Waals surface area contributed by atoms with Gasteiger partial charge in [-0.1, -0.05) is 59.9 Å². The predicted molar refractivity (Wildman–Crippen MR) is 149 cm³/mol. The first kappa shape index (κ1) is 28.5. The second kappa shape index (κ2) is 13.0. The lowest BCUT2D eigenvalue weighted by Crippen LogP contribution is -2.52. The first-order valence-corrected chi connectivity index (χ1v) is 13.4. The summed E-state index contributed by atoms with van der Waals surface area (Å²) in [4.78, 5) is 15.3. The standard InChI is InChI=1S/C29H30Cl3NO5/c1-4-24(16-37-15-18-5-10-25(35-2)26(11-18)36-3)33-27(34)17-38-29(20-12-22(31)14-23(32)13-20)28(33)19-6-8-21(30)9-7-19/h5-14,24,28-29H,4,15-17H2,1-3H3/t24-,28?,29+/m0/s1. The van der Waals surface area contributed by atoms with Crippen molar-refractivity contribution in [1.82, 2.24) is 4.90 Å². The van der Waals surface area contributed by atoms with Crippen molar-refractivity contribution in [2.75, 3.05) is 27.4 Å². The minimum absolute atomic E-state index is 0.0644. The molecule has 0 N–H and O–H groups in total. The summed E-state index contributed by atoms with van der Waals surface area (Å²) in [5.74, 6) is 1.17. The Morgan fingerprint density at radius 2 is 1.58 bits per heavy atom. The highest BCUT2D eigenvalue weighted by Crippen LogP contribution is 2.43. The lowest BCUT2D eigenvalue weighted by molar-refractivity contribution is -0.166. The molecule has 6 nitrogen and oxygen atoms in total. The number of ether oxygens (including phenoxy) is 4. The fourth-order valence-corrected chi connectivity index (χ4v) is 5.42. The lowest BCUT2D eigenvalue weighted by Gasteiger charge is -2.45. The number of benzene rings is 3. The van der Waals surface area contributed by atoms with E-state index in [0.29, 0.717) is 46.2 Å². The van der Waals surface area contributed by atoms with Gasteiger partial charge in [-0.05, 0) is 65.6 Å². The average molecular weight is 579 g/mol. The van der Waals surface area contributed by atoms with Gasteiger partial charge in [-0.3, -0.25) is 4.79 Å². The summed E-state index contributed by atoms with van der Waals surface area (Å²) in [5.41, 5.74) is 2.62. The molecule has 1 amide bonds. The number of morpholine rings is 1. The Hall–Kier alpha value is -2.48. The van der Waals surface area contributed by atoms with E-state index in [1.54, 1.807) is 20.3 Å². The molecule has 1 heterocycles. The molecule has 0 saturated carbocycles. The van der Waals surface area contributed by atoms with Crippen molar-refractivity contribution >= 4 is 40.7 Å². The highest BCUT2D eigenvalue weighted by molar-refractivity contribution is 6.34. The third-order valence-corrected chi connectivity index (χ3v) is 7.27. The van der Waals surface area contributed by atoms with Gasteiger partial charge in [0.15, 0.2) is 11.5 Å². The summed E-state index contributed by atoms with van der Waals surface area (Å²) >= 11 is 18.8. The van der Waals surface area contributed by atoms with Crippen LogP contribution in [0, 0.1) is 0 Å². The van der Waals surface area contributed by atoms with Crippen molar-refractivity contribution in [3.63, 3.8) is 0 Å². The van der Waals surface area contributed by atoms with Gasteiger partial charge >= 0.3 is 0 Å². The minimum Gasteiger partial charge on any atom is -0.493 e. The third kappa shape index (κ3) is 6.56. The normalized spacial score (nSPS) is 18.4. The summed E-state index contributed by atoms with van der Waals surface area (Å²) in [6.45, 7) is 2.67. The number of rotatable bonds is 10. The van der Waals surface area contributed by atoms with E-state index in [1.807, 2.05) is 66.4 Å². The zero-order valence-corrected chi connectivity index (χ0v) is 23.7. The van der Waals surface area contributed by atoms with Gasteiger partial charge in [0.1, 0.15) is 12.7 Å². The molecule has 3 atom stereocenters. The van der Waals surface area contributed by atoms with Crippen molar-refractivity contribution in [3.05, 3.63) is 92.4 Å². The largest absolute Gasteiger partial charge is 0.493 e. The summed E-state index contributed by atoms with van der Waals surface area (Å²) < 4.78 is 23.0. The molecule has 3 aromatic carbocycles. The van der Waals surface area contributed by atoms with Gasteiger partial charge in [-0.2, -0.15) is 0 Å². The number of hydrogen-bond acceptors (Lipinski definition) is 5. The Kier molecular flexibility index (Phi) is 9.80. The molecule has 9 heteroatoms. The molecule has 1 aliphatic rings. The number of halogens is 3. The smallest absolute Gasteiger partial charge is 0.249 e. The van der Waals surface area contributed by atoms with Crippen LogP contribution in [0.2, 0.25) is 15.1 Å². The van der Waals surface area contributed by atoms with Crippen LogP contribution in [-0.2, 0) is 20.9 Å². The first-order valence-electron chi connectivity index (χ1n) is 12.3. The van der Waals surface area contributed by atoms with Crippen molar-refractivity contribution in [3.8, 4) is 11.5 Å². The van der Waals surface area contributed by atoms with Crippen LogP contribution in [-0.4, -0.2) is 44.3 Å². The molecule has 0 aliphatic carbocycles. The fourth-order valence-electron chi connectivity index (χ4n) is 4.75. The van der Waals surface area contributed by atoms with Crippen LogP contribution < -0.4 is 9.47 Å². The van der Waals surface area contributed by atoms with Crippen molar-refractivity contribution < 1.29 is 23.7 Å². The fraction of sp³-hybridized carbons (Fsp3) is 0.345. The van der Waals surface area contributed by atoms with E-state index in [1.165, 1.54) is 0 Å². The van der Waals surface area contributed by atoms with Crippen LogP contribution in [0.5, 0.6) is 11.5 Å². The maximum Gasteiger partial charge on any atom is 0.249 e. The molecule has 38 heavy (non-hydrogen) atoms. The van der Waals surface area contributed by atoms with Gasteiger partial charge in [0.2, 0.25) is 5.91 Å². The minimum atomic E-state index is -0.482. The number of carbonyl (C=O) groups is 1. The molecular formula is C29H30Cl3NO5. The van der Waals surface area contributed by atoms with Gasteiger partial charge in [0.25, 0.3) is 0 Å². The van der Waals surface area contributed by atoms with E-state index in [4.69, 9.17) is 53.8 Å². The molecule has 1 unspecified atom stereocenters. The monoisotopic (exact) mass is 577 g/mol. The average Bonchev–Trinajstić information content (AvgIpc) is 2.91. The SMILES string of the molecule is CC[C@@H](COCc1ccc(OC)c(OC)c1)N1C(=O)CO[C@H](c2cc(Cl)cc(Cl)c2)C1c1ccc(Cl)cc1. The van der Waals surface area contributed by atoms with Gasteiger partial charge < -0.3 is 23.8 Å². The number of amides is 1. The first-order chi connectivity index (χ1) is 18.3. The van der Waals surface area contributed by atoms with Crippen molar-refractivity contribution in [2.24, 2.45) is 0 Å². The molecule has 4 rings (SSSR count). The highest BCUT2D eigenvalue weighted by Gasteiger charge is 2.42. The van der Waals surface area contributed by atoms with Crippen molar-refractivity contribution in [1.29, 1.82) is 0 Å². The molecule has 0 radical (unpaired) electrons. The lowest BCUT2D eigenvalue weighted by atomic mass is 9.91. The molecule has 0 bridgehead atoms. The molecule has 1 fully saturated rings. The van der Waals surface area contributed by atoms with Crippen molar-refractivity contribution in [2.45, 2.75) is 38.1 Å². The molecule has 202 valence electrons. The zero-order valence-electron chi connectivity index (χ0n) is 21.5. The Labute approximate surface area is 238 Å². The molecule has 0 aromatic heterocycles. The van der Waals surface area contributed by atoms with Crippen LogP contribution in [0.1, 0.15) is 42.2 Å². The number of carbonyl (C=O) groups excluding carboxylic acids is 1. The second-order valence-corrected chi connectivity index (χ2v) is 10.3. The Balaban J connectivity index is 1.61. The zero-order chi connectivity index (χ0) is 27.2. The van der Waals surface area contributed by atoms with Crippen LogP contribution in [0.15, 0.2) is 60.7 Å². The summed E-state index contributed by atoms with van der Waals surface area (Å²) in [7, 11) is 3.20. The summed E-state index contributed by atoms with van der Waals surface area (Å²) in [5, 5.41) is 1.61. The van der Waals surface area contributed by atoms with Gasteiger partial charge in [0.05, 0.1) is 39.5 Å². The maximum absolute atomic E-state index is 13.4. The van der Waals surface area contributed by atoms with Crippen LogP contribution in [0.4, 0.5) is 0 Å². The predicted octanol–water partition coefficient (Wildman–Crippen LogP) is 7.30. The van der Waals surface area contributed by atoms with Gasteiger partial charge in [0, 0.05) is 15.1 Å². The molecule has 1 saturated heterocycles. The summed E-state index contributed by atoms with van der Waals surface area (Å²) in [6, 6.07) is 17.8. The quantitative estimate of drug-likeness (QED) is 0.253. The van der Waals surface area contributed by atoms with Gasteiger partial charge in [-0.25, -0.2) is 0 Å². The molecule has 1 aliphatic heterocycles. The van der Waals surface area contributed by atoms with E-state index in [-0.39, 0.29) is 18.6 Å². The van der Waals surface area contributed by atoms with E-state index in [9.17, 15) is 4.79 Å². The number of nitrogens with zero attached hydrogens (tertiary/aromatic N) is 1. The topological polar surface area (TPSA) is 57.2 Å². The van der Waals surface area contributed by atoms with E-state index in [0.717, 1.165) is 16.7 Å². The third-order valence-electron chi connectivity index (χ3n) is 6.58. The van der Waals surface area contributed by atoms with E-state index < -0.39 is 12.1 Å². The summed E-state index contributed by atoms with van der Waals surface area (Å²) in [6.07, 6.45) is 0.204. The molecular weight excluding hydrogens is 549 g/mol. The van der Waals surface area contributed by atoms with Gasteiger partial charge in [-0.15, -0.1) is 0 Å². The van der Waals surface area contributed by atoms with Crippen LogP contribution >= 0.6 is 34.8 Å². The van der Waals surface area contributed by atoms with Crippen LogP contribution in [0.3, 0.4) is 0 Å². The van der Waals surface area contributed by atoms with E-state index >= 15 is 0 Å². The molecule has 0 spiro atoms. The number of methoxy groups -OCH3 is 2. The Bertz CT molecular complexity index is 1230. The number of hydrogen-bond donors (Lipinski definition) is 0. The second-order valence-electron chi connectivity index (χ2n) is 9.00. The highest BCUT2D eigenvalue weighted by atomic mass is 35.5. The van der Waals surface area contributed by atoms with Crippen LogP contribution in [0.25, 0.3) is 0 Å². The molecule has 3 aromatic rings.